The van der Waals surface area contributed by atoms with Crippen molar-refractivity contribution in [3.63, 3.8) is 0 Å². The van der Waals surface area contributed by atoms with E-state index in [4.69, 9.17) is 9.40 Å². The fourth-order valence-corrected chi connectivity index (χ4v) is 5.25. The smallest absolute Gasteiger partial charge is 0.290 e. The zero-order chi connectivity index (χ0) is 25.8. The summed E-state index contributed by atoms with van der Waals surface area (Å²) in [5, 5.41) is 9.56. The summed E-state index contributed by atoms with van der Waals surface area (Å²) < 4.78 is 19.5. The van der Waals surface area contributed by atoms with Crippen LogP contribution in [0.5, 0.6) is 0 Å². The van der Waals surface area contributed by atoms with Crippen LogP contribution in [0.1, 0.15) is 62.6 Å². The van der Waals surface area contributed by atoms with Crippen molar-refractivity contribution < 1.29 is 23.5 Å². The number of carbonyl (C=O) groups excluding carboxylic acids is 2. The summed E-state index contributed by atoms with van der Waals surface area (Å²) in [7, 11) is 0. The first-order valence-electron chi connectivity index (χ1n) is 12.5. The lowest BCUT2D eigenvalue weighted by atomic mass is 9.81. The number of aromatic nitrogens is 1. The summed E-state index contributed by atoms with van der Waals surface area (Å²) in [6, 6.07) is 9.80. The van der Waals surface area contributed by atoms with Crippen molar-refractivity contribution >= 4 is 22.9 Å². The molecule has 5 rings (SSSR count). The second-order valence-electron chi connectivity index (χ2n) is 10.9. The molecule has 2 aliphatic rings. The highest BCUT2D eigenvalue weighted by Gasteiger charge is 2.43. The molecule has 1 aliphatic carbocycles. The first-order valence-corrected chi connectivity index (χ1v) is 12.5. The second kappa shape index (κ2) is 9.00. The number of nitrogens with zero attached hydrogens (tertiary/aromatic N) is 3. The van der Waals surface area contributed by atoms with E-state index in [-0.39, 0.29) is 41.3 Å². The van der Waals surface area contributed by atoms with Gasteiger partial charge in [0, 0.05) is 42.7 Å². The Morgan fingerprint density at radius 3 is 2.44 bits per heavy atom. The molecule has 0 bridgehead atoms. The number of fused-ring (bicyclic) bond motifs is 1. The van der Waals surface area contributed by atoms with Crippen LogP contribution >= 0.6 is 0 Å². The van der Waals surface area contributed by atoms with Gasteiger partial charge in [-0.2, -0.15) is 0 Å². The van der Waals surface area contributed by atoms with Gasteiger partial charge in [-0.15, -0.1) is 0 Å². The van der Waals surface area contributed by atoms with Gasteiger partial charge in [-0.25, -0.2) is 9.37 Å². The van der Waals surface area contributed by atoms with Gasteiger partial charge in [0.1, 0.15) is 11.3 Å². The Labute approximate surface area is 209 Å². The molecule has 36 heavy (non-hydrogen) atoms. The number of furan rings is 1. The van der Waals surface area contributed by atoms with E-state index >= 15 is 0 Å². The number of benzene rings is 1. The largest absolute Gasteiger partial charge is 0.449 e. The van der Waals surface area contributed by atoms with E-state index in [1.54, 1.807) is 23.1 Å². The minimum Gasteiger partial charge on any atom is -0.449 e. The molecule has 190 valence electrons. The van der Waals surface area contributed by atoms with Crippen molar-refractivity contribution in [3.05, 3.63) is 53.5 Å². The molecule has 0 radical (unpaired) electrons. The first kappa shape index (κ1) is 24.4. The van der Waals surface area contributed by atoms with E-state index in [9.17, 15) is 19.1 Å². The van der Waals surface area contributed by atoms with E-state index in [1.165, 1.54) is 12.1 Å². The molecule has 1 aliphatic heterocycles. The Morgan fingerprint density at radius 1 is 1.14 bits per heavy atom. The standard InChI is InChI=1S/C28H32FN3O4/c1-16(2)21-13-22(17-5-7-19(29)8-6-17)30-23-14-24(36-25(21)23)27(35)32-10-9-31(15-28(32,3)4)26(34)18-11-20(33)12-18/h5-8,13-14,16,18,20,33H,9-12,15H2,1-4H3. The van der Waals surface area contributed by atoms with Crippen LogP contribution in [0.25, 0.3) is 22.4 Å². The van der Waals surface area contributed by atoms with Gasteiger partial charge in [0.25, 0.3) is 5.91 Å². The molecule has 2 fully saturated rings. The van der Waals surface area contributed by atoms with E-state index < -0.39 is 5.54 Å². The number of aliphatic hydroxyl groups excluding tert-OH is 1. The zero-order valence-electron chi connectivity index (χ0n) is 21.1. The van der Waals surface area contributed by atoms with Crippen molar-refractivity contribution in [3.8, 4) is 11.3 Å². The van der Waals surface area contributed by atoms with Crippen molar-refractivity contribution in [1.82, 2.24) is 14.8 Å². The highest BCUT2D eigenvalue weighted by molar-refractivity contribution is 5.97. The minimum atomic E-state index is -0.583. The molecular formula is C28H32FN3O4. The second-order valence-corrected chi connectivity index (χ2v) is 10.9. The molecule has 3 heterocycles. The van der Waals surface area contributed by atoms with E-state index in [0.717, 1.165) is 11.1 Å². The van der Waals surface area contributed by atoms with Crippen LogP contribution in [0.3, 0.4) is 0 Å². The predicted octanol–water partition coefficient (Wildman–Crippen LogP) is 4.59. The van der Waals surface area contributed by atoms with Gasteiger partial charge in [0.15, 0.2) is 11.3 Å². The summed E-state index contributed by atoms with van der Waals surface area (Å²) in [6.07, 6.45) is 0.654. The SMILES string of the molecule is CC(C)c1cc(-c2ccc(F)cc2)nc2cc(C(=O)N3CCN(C(=O)C4CC(O)C4)CC3(C)C)oc12. The van der Waals surface area contributed by atoms with E-state index in [1.807, 2.05) is 38.7 Å². The molecule has 7 nitrogen and oxygen atoms in total. The first-order chi connectivity index (χ1) is 17.0. The number of hydrogen-bond acceptors (Lipinski definition) is 5. The van der Waals surface area contributed by atoms with Crippen LogP contribution in [-0.4, -0.2) is 63.0 Å². The van der Waals surface area contributed by atoms with Gasteiger partial charge in [-0.3, -0.25) is 9.59 Å². The van der Waals surface area contributed by atoms with Crippen LogP contribution in [0.4, 0.5) is 4.39 Å². The van der Waals surface area contributed by atoms with Crippen LogP contribution < -0.4 is 0 Å². The fraction of sp³-hybridized carbons (Fsp3) is 0.464. The molecule has 8 heteroatoms. The van der Waals surface area contributed by atoms with E-state index in [2.05, 4.69) is 0 Å². The number of piperazine rings is 1. The van der Waals surface area contributed by atoms with Gasteiger partial charge >= 0.3 is 0 Å². The van der Waals surface area contributed by atoms with Crippen LogP contribution in [0, 0.1) is 11.7 Å². The summed E-state index contributed by atoms with van der Waals surface area (Å²) in [6.45, 7) is 9.27. The lowest BCUT2D eigenvalue weighted by Gasteiger charge is -2.48. The summed E-state index contributed by atoms with van der Waals surface area (Å²) >= 11 is 0. The molecule has 0 spiro atoms. The topological polar surface area (TPSA) is 86.9 Å². The van der Waals surface area contributed by atoms with Gasteiger partial charge in [0.2, 0.25) is 5.91 Å². The monoisotopic (exact) mass is 493 g/mol. The highest BCUT2D eigenvalue weighted by Crippen LogP contribution is 2.34. The Balaban J connectivity index is 1.42. The quantitative estimate of drug-likeness (QED) is 0.575. The van der Waals surface area contributed by atoms with Crippen LogP contribution in [0.2, 0.25) is 0 Å². The maximum Gasteiger partial charge on any atom is 0.290 e. The Bertz CT molecular complexity index is 1310. The maximum atomic E-state index is 13.6. The Morgan fingerprint density at radius 2 is 1.83 bits per heavy atom. The number of rotatable bonds is 4. The molecule has 2 amide bonds. The van der Waals surface area contributed by atoms with E-state index in [0.29, 0.717) is 49.3 Å². The normalized spacial score (nSPS) is 21.6. The Kier molecular flexibility index (Phi) is 6.11. The highest BCUT2D eigenvalue weighted by atomic mass is 19.1. The molecule has 0 atom stereocenters. The summed E-state index contributed by atoms with van der Waals surface area (Å²) in [5.74, 6) is -0.269. The molecule has 1 N–H and O–H groups in total. The molecule has 1 aromatic carbocycles. The number of amides is 2. The number of hydrogen-bond donors (Lipinski definition) is 1. The lowest BCUT2D eigenvalue weighted by molar-refractivity contribution is -0.146. The van der Waals surface area contributed by atoms with Gasteiger partial charge in [-0.05, 0) is 62.9 Å². The van der Waals surface area contributed by atoms with Crippen molar-refractivity contribution in [2.45, 2.75) is 58.1 Å². The molecule has 2 aromatic heterocycles. The average molecular weight is 494 g/mol. The number of pyridine rings is 1. The summed E-state index contributed by atoms with van der Waals surface area (Å²) in [4.78, 5) is 34.7. The lowest BCUT2D eigenvalue weighted by Crippen LogP contribution is -2.63. The predicted molar refractivity (Wildman–Crippen MR) is 134 cm³/mol. The van der Waals surface area contributed by atoms with Gasteiger partial charge in [0.05, 0.1) is 17.3 Å². The van der Waals surface area contributed by atoms with Crippen molar-refractivity contribution in [2.75, 3.05) is 19.6 Å². The number of aliphatic hydroxyl groups is 1. The third kappa shape index (κ3) is 4.39. The Hall–Kier alpha value is -3.26. The van der Waals surface area contributed by atoms with Crippen molar-refractivity contribution in [2.24, 2.45) is 5.92 Å². The third-order valence-electron chi connectivity index (χ3n) is 7.40. The molecule has 0 unspecified atom stereocenters. The average Bonchev–Trinajstić information content (AvgIpc) is 3.24. The molecular weight excluding hydrogens is 461 g/mol. The van der Waals surface area contributed by atoms with Crippen LogP contribution in [0.15, 0.2) is 40.8 Å². The number of halogens is 1. The van der Waals surface area contributed by atoms with Gasteiger partial charge in [-0.1, -0.05) is 13.8 Å². The van der Waals surface area contributed by atoms with Gasteiger partial charge < -0.3 is 19.3 Å². The van der Waals surface area contributed by atoms with Crippen molar-refractivity contribution in [1.29, 1.82) is 0 Å². The fourth-order valence-electron chi connectivity index (χ4n) is 5.25. The van der Waals surface area contributed by atoms with Crippen LogP contribution in [-0.2, 0) is 4.79 Å². The third-order valence-corrected chi connectivity index (χ3v) is 7.40. The summed E-state index contributed by atoms with van der Waals surface area (Å²) in [5.41, 5.74) is 2.98. The minimum absolute atomic E-state index is 0.0586. The number of carbonyl (C=O) groups is 2. The molecule has 3 aromatic rings. The molecule has 1 saturated carbocycles. The molecule has 1 saturated heterocycles. The zero-order valence-corrected chi connectivity index (χ0v) is 21.1. The maximum absolute atomic E-state index is 13.6.